The molecule has 3 aromatic rings. The van der Waals surface area contributed by atoms with Crippen LogP contribution in [0.15, 0.2) is 68.9 Å². The highest BCUT2D eigenvalue weighted by molar-refractivity contribution is 8.18. The van der Waals surface area contributed by atoms with Crippen molar-refractivity contribution >= 4 is 57.8 Å². The summed E-state index contributed by atoms with van der Waals surface area (Å²) in [5.41, 5.74) is 1.21. The van der Waals surface area contributed by atoms with Gasteiger partial charge in [0.15, 0.2) is 5.17 Å². The molecule has 2 aromatic carbocycles. The van der Waals surface area contributed by atoms with Crippen LogP contribution in [0.4, 0.5) is 10.1 Å². The molecule has 1 amide bonds. The van der Waals surface area contributed by atoms with Crippen LogP contribution >= 0.6 is 35.0 Å². The summed E-state index contributed by atoms with van der Waals surface area (Å²) in [7, 11) is 0. The highest BCUT2D eigenvalue weighted by atomic mass is 35.5. The highest BCUT2D eigenvalue weighted by Gasteiger charge is 2.24. The predicted molar refractivity (Wildman–Crippen MR) is 111 cm³/mol. The van der Waals surface area contributed by atoms with Crippen molar-refractivity contribution in [3.8, 4) is 11.3 Å². The molecular formula is C20H11Cl2FN2O2S. The molecule has 28 heavy (non-hydrogen) atoms. The van der Waals surface area contributed by atoms with Crippen molar-refractivity contribution in [3.05, 3.63) is 81.1 Å². The molecule has 0 radical (unpaired) electrons. The summed E-state index contributed by atoms with van der Waals surface area (Å²) in [4.78, 5) is 16.9. The minimum Gasteiger partial charge on any atom is -0.457 e. The second-order valence-corrected chi connectivity index (χ2v) is 7.58. The molecule has 0 unspecified atom stereocenters. The molecule has 1 aliphatic heterocycles. The fourth-order valence-electron chi connectivity index (χ4n) is 2.51. The van der Waals surface area contributed by atoms with E-state index in [0.717, 1.165) is 0 Å². The number of carbonyl (C=O) groups excluding carboxylic acids is 1. The second-order valence-electron chi connectivity index (χ2n) is 5.76. The van der Waals surface area contributed by atoms with Crippen LogP contribution in [0.3, 0.4) is 0 Å². The third-order valence-corrected chi connectivity index (χ3v) is 5.55. The molecule has 1 N–H and O–H groups in total. The van der Waals surface area contributed by atoms with Crippen LogP contribution in [0.1, 0.15) is 5.76 Å². The normalized spacial score (nSPS) is 16.8. The maximum absolute atomic E-state index is 13.0. The molecule has 140 valence electrons. The average molecular weight is 433 g/mol. The number of aliphatic imine (C=N–C) groups is 1. The molecule has 0 atom stereocenters. The second kappa shape index (κ2) is 7.83. The Morgan fingerprint density at radius 1 is 1.07 bits per heavy atom. The smallest absolute Gasteiger partial charge is 0.264 e. The fraction of sp³-hybridized carbons (Fsp3) is 0. The van der Waals surface area contributed by atoms with Crippen molar-refractivity contribution in [2.75, 3.05) is 0 Å². The van der Waals surface area contributed by atoms with E-state index < -0.39 is 0 Å². The Bertz CT molecular complexity index is 1120. The summed E-state index contributed by atoms with van der Waals surface area (Å²) in [6, 6.07) is 14.5. The molecule has 1 saturated heterocycles. The Morgan fingerprint density at radius 3 is 2.64 bits per heavy atom. The van der Waals surface area contributed by atoms with E-state index in [1.807, 2.05) is 0 Å². The van der Waals surface area contributed by atoms with E-state index in [2.05, 4.69) is 10.3 Å². The lowest BCUT2D eigenvalue weighted by Crippen LogP contribution is -2.19. The van der Waals surface area contributed by atoms with Gasteiger partial charge in [-0.2, -0.15) is 0 Å². The SMILES string of the molecule is O=C1NC(=Nc2ccc(F)cc2)S/C1=C\c1ccc(-c2cccc(Cl)c2Cl)o1. The zero-order chi connectivity index (χ0) is 19.7. The van der Waals surface area contributed by atoms with E-state index in [-0.39, 0.29) is 11.7 Å². The number of hydrogen-bond donors (Lipinski definition) is 1. The van der Waals surface area contributed by atoms with Gasteiger partial charge in [-0.25, -0.2) is 9.38 Å². The number of nitrogens with zero attached hydrogens (tertiary/aromatic N) is 1. The number of halogens is 3. The van der Waals surface area contributed by atoms with Gasteiger partial charge in [0.2, 0.25) is 0 Å². The Morgan fingerprint density at radius 2 is 1.86 bits per heavy atom. The monoisotopic (exact) mass is 432 g/mol. The van der Waals surface area contributed by atoms with Gasteiger partial charge in [-0.1, -0.05) is 29.3 Å². The zero-order valence-corrected chi connectivity index (χ0v) is 16.4. The number of rotatable bonds is 3. The first-order chi connectivity index (χ1) is 13.5. The van der Waals surface area contributed by atoms with E-state index in [9.17, 15) is 9.18 Å². The Balaban J connectivity index is 1.56. The number of hydrogen-bond acceptors (Lipinski definition) is 4. The molecule has 4 rings (SSSR count). The van der Waals surface area contributed by atoms with E-state index in [1.54, 1.807) is 36.4 Å². The quantitative estimate of drug-likeness (QED) is 0.495. The van der Waals surface area contributed by atoms with Gasteiger partial charge >= 0.3 is 0 Å². The highest BCUT2D eigenvalue weighted by Crippen LogP contribution is 2.35. The van der Waals surface area contributed by atoms with Gasteiger partial charge in [-0.05, 0) is 60.3 Å². The summed E-state index contributed by atoms with van der Waals surface area (Å²) in [5, 5.41) is 3.92. The molecule has 1 aliphatic rings. The van der Waals surface area contributed by atoms with Gasteiger partial charge < -0.3 is 9.73 Å². The standard InChI is InChI=1S/C20H11Cl2FN2O2S/c21-15-3-1-2-14(18(15)22)16-9-8-13(27-16)10-17-19(26)25-20(28-17)24-12-6-4-11(23)5-7-12/h1-10H,(H,24,25,26)/b17-10-. The van der Waals surface area contributed by atoms with Crippen LogP contribution in [0.25, 0.3) is 17.4 Å². The van der Waals surface area contributed by atoms with Crippen LogP contribution in [0.5, 0.6) is 0 Å². The molecule has 8 heteroatoms. The van der Waals surface area contributed by atoms with Crippen molar-refractivity contribution in [1.82, 2.24) is 5.32 Å². The van der Waals surface area contributed by atoms with Gasteiger partial charge in [0.1, 0.15) is 17.3 Å². The number of carbonyl (C=O) groups is 1. The van der Waals surface area contributed by atoms with E-state index >= 15 is 0 Å². The zero-order valence-electron chi connectivity index (χ0n) is 14.1. The van der Waals surface area contributed by atoms with E-state index in [1.165, 1.54) is 36.0 Å². The maximum atomic E-state index is 13.0. The summed E-state index contributed by atoms with van der Waals surface area (Å²) < 4.78 is 18.8. The lowest BCUT2D eigenvalue weighted by molar-refractivity contribution is -0.115. The number of nitrogens with one attached hydrogen (secondary N) is 1. The first kappa shape index (κ1) is 18.8. The third kappa shape index (κ3) is 3.99. The minimum absolute atomic E-state index is 0.287. The molecule has 1 fully saturated rings. The fourth-order valence-corrected chi connectivity index (χ4v) is 3.73. The van der Waals surface area contributed by atoms with Crippen molar-refractivity contribution in [1.29, 1.82) is 0 Å². The van der Waals surface area contributed by atoms with Crippen LogP contribution in [-0.4, -0.2) is 11.1 Å². The molecule has 0 aliphatic carbocycles. The Hall–Kier alpha value is -2.54. The number of furan rings is 1. The Kier molecular flexibility index (Phi) is 5.26. The molecule has 1 aromatic heterocycles. The number of thioether (sulfide) groups is 1. The van der Waals surface area contributed by atoms with Gasteiger partial charge in [0.05, 0.1) is 20.6 Å². The lowest BCUT2D eigenvalue weighted by atomic mass is 10.2. The molecular weight excluding hydrogens is 422 g/mol. The van der Waals surface area contributed by atoms with Gasteiger partial charge in [-0.15, -0.1) is 0 Å². The van der Waals surface area contributed by atoms with Crippen molar-refractivity contribution in [2.45, 2.75) is 0 Å². The van der Waals surface area contributed by atoms with Gasteiger partial charge in [-0.3, -0.25) is 4.79 Å². The molecule has 0 bridgehead atoms. The number of benzene rings is 2. The molecule has 2 heterocycles. The summed E-state index contributed by atoms with van der Waals surface area (Å²) in [5.74, 6) is 0.403. The van der Waals surface area contributed by atoms with Crippen LogP contribution in [0, 0.1) is 5.82 Å². The number of amides is 1. The van der Waals surface area contributed by atoms with E-state index in [4.69, 9.17) is 27.6 Å². The van der Waals surface area contributed by atoms with E-state index in [0.29, 0.717) is 42.9 Å². The lowest BCUT2D eigenvalue weighted by Gasteiger charge is -2.01. The number of amidine groups is 1. The molecule has 0 spiro atoms. The Labute approximate surface area is 174 Å². The summed E-state index contributed by atoms with van der Waals surface area (Å²) >= 11 is 13.4. The summed E-state index contributed by atoms with van der Waals surface area (Å²) in [6.45, 7) is 0. The molecule has 4 nitrogen and oxygen atoms in total. The van der Waals surface area contributed by atoms with Crippen molar-refractivity contribution < 1.29 is 13.6 Å². The van der Waals surface area contributed by atoms with Gasteiger partial charge in [0, 0.05) is 11.6 Å². The van der Waals surface area contributed by atoms with Crippen molar-refractivity contribution in [2.24, 2.45) is 4.99 Å². The van der Waals surface area contributed by atoms with Crippen LogP contribution < -0.4 is 5.32 Å². The van der Waals surface area contributed by atoms with Crippen LogP contribution in [0.2, 0.25) is 10.0 Å². The molecule has 0 saturated carbocycles. The average Bonchev–Trinajstić information content (AvgIpc) is 3.26. The minimum atomic E-state index is -0.346. The van der Waals surface area contributed by atoms with Crippen molar-refractivity contribution in [3.63, 3.8) is 0 Å². The maximum Gasteiger partial charge on any atom is 0.264 e. The third-order valence-electron chi connectivity index (χ3n) is 3.83. The summed E-state index contributed by atoms with van der Waals surface area (Å²) in [6.07, 6.45) is 1.62. The topological polar surface area (TPSA) is 54.6 Å². The first-order valence-electron chi connectivity index (χ1n) is 8.09. The first-order valence-corrected chi connectivity index (χ1v) is 9.66. The largest absolute Gasteiger partial charge is 0.457 e. The van der Waals surface area contributed by atoms with Crippen LogP contribution in [-0.2, 0) is 4.79 Å². The van der Waals surface area contributed by atoms with Gasteiger partial charge in [0.25, 0.3) is 5.91 Å². The predicted octanol–water partition coefficient (Wildman–Crippen LogP) is 6.28.